The molecule has 0 bridgehead atoms. The summed E-state index contributed by atoms with van der Waals surface area (Å²) < 4.78 is 0. The van der Waals surface area contributed by atoms with Gasteiger partial charge in [0.05, 0.1) is 5.56 Å². The number of amides is 1. The summed E-state index contributed by atoms with van der Waals surface area (Å²) in [5.74, 6) is 1.02. The maximum atomic E-state index is 12.1. The van der Waals surface area contributed by atoms with E-state index in [1.165, 1.54) is 5.56 Å². The van der Waals surface area contributed by atoms with Crippen LogP contribution in [0, 0.1) is 0 Å². The van der Waals surface area contributed by atoms with Gasteiger partial charge in [-0.05, 0) is 35.7 Å². The summed E-state index contributed by atoms with van der Waals surface area (Å²) in [6.45, 7) is 4.25. The molecule has 1 heterocycles. The molecule has 1 amide bonds. The van der Waals surface area contributed by atoms with Crippen LogP contribution in [0.5, 0.6) is 0 Å². The van der Waals surface area contributed by atoms with Crippen molar-refractivity contribution < 1.29 is 4.79 Å². The number of pyridine rings is 1. The van der Waals surface area contributed by atoms with Crippen molar-refractivity contribution in [3.05, 3.63) is 53.7 Å². The number of nitrogens with zero attached hydrogens (tertiary/aromatic N) is 1. The molecule has 1 aromatic carbocycles. The van der Waals surface area contributed by atoms with Crippen LogP contribution in [0.15, 0.2) is 42.6 Å². The summed E-state index contributed by atoms with van der Waals surface area (Å²) in [7, 11) is 1.79. The Hall–Kier alpha value is -2.36. The van der Waals surface area contributed by atoms with Gasteiger partial charge in [-0.3, -0.25) is 4.79 Å². The highest BCUT2D eigenvalue weighted by Crippen LogP contribution is 2.19. The van der Waals surface area contributed by atoms with Crippen molar-refractivity contribution in [2.45, 2.75) is 19.8 Å². The largest absolute Gasteiger partial charge is 0.373 e. The lowest BCUT2D eigenvalue weighted by Crippen LogP contribution is -2.12. The van der Waals surface area contributed by atoms with Crippen LogP contribution in [0.2, 0.25) is 0 Å². The molecule has 4 heteroatoms. The van der Waals surface area contributed by atoms with E-state index in [1.54, 1.807) is 25.4 Å². The third-order valence-electron chi connectivity index (χ3n) is 3.09. The zero-order valence-corrected chi connectivity index (χ0v) is 12.0. The molecule has 0 fully saturated rings. The molecule has 0 radical (unpaired) electrons. The molecule has 2 N–H and O–H groups in total. The Morgan fingerprint density at radius 1 is 1.20 bits per heavy atom. The van der Waals surface area contributed by atoms with E-state index in [0.717, 1.165) is 11.5 Å². The van der Waals surface area contributed by atoms with Gasteiger partial charge in [0, 0.05) is 18.9 Å². The van der Waals surface area contributed by atoms with Crippen molar-refractivity contribution in [3.63, 3.8) is 0 Å². The maximum absolute atomic E-state index is 12.1. The van der Waals surface area contributed by atoms with Gasteiger partial charge in [0.1, 0.15) is 5.82 Å². The number of aromatic nitrogens is 1. The van der Waals surface area contributed by atoms with E-state index in [4.69, 9.17) is 0 Å². The smallest absolute Gasteiger partial charge is 0.257 e. The summed E-state index contributed by atoms with van der Waals surface area (Å²) in [6.07, 6.45) is 1.56. The molecule has 0 saturated heterocycles. The number of anilines is 2. The van der Waals surface area contributed by atoms with Gasteiger partial charge in [-0.15, -0.1) is 0 Å². The fourth-order valence-corrected chi connectivity index (χ4v) is 1.85. The van der Waals surface area contributed by atoms with Crippen LogP contribution in [0.3, 0.4) is 0 Å². The van der Waals surface area contributed by atoms with Crippen LogP contribution in [-0.4, -0.2) is 17.9 Å². The number of nitrogens with one attached hydrogen (secondary N) is 2. The normalized spacial score (nSPS) is 10.4. The van der Waals surface area contributed by atoms with Crippen LogP contribution < -0.4 is 10.6 Å². The van der Waals surface area contributed by atoms with Gasteiger partial charge in [0.2, 0.25) is 0 Å². The summed E-state index contributed by atoms with van der Waals surface area (Å²) in [6, 6.07) is 11.4. The summed E-state index contributed by atoms with van der Waals surface area (Å²) in [5, 5.41) is 5.81. The number of carbonyl (C=O) groups excluding carboxylic acids is 1. The van der Waals surface area contributed by atoms with Crippen LogP contribution in [-0.2, 0) is 0 Å². The molecule has 20 heavy (non-hydrogen) atoms. The highest BCUT2D eigenvalue weighted by atomic mass is 16.1. The summed E-state index contributed by atoms with van der Waals surface area (Å²) in [5.41, 5.74) is 2.55. The fraction of sp³-hybridized carbons (Fsp3) is 0.250. The van der Waals surface area contributed by atoms with Crippen molar-refractivity contribution in [2.24, 2.45) is 0 Å². The Morgan fingerprint density at radius 3 is 2.60 bits per heavy atom. The average molecular weight is 269 g/mol. The van der Waals surface area contributed by atoms with E-state index in [9.17, 15) is 4.79 Å². The fourth-order valence-electron chi connectivity index (χ4n) is 1.85. The lowest BCUT2D eigenvalue weighted by atomic mass is 10.0. The van der Waals surface area contributed by atoms with Gasteiger partial charge in [0.25, 0.3) is 5.91 Å². The molecule has 4 nitrogen and oxygen atoms in total. The highest BCUT2D eigenvalue weighted by Gasteiger charge is 2.07. The highest BCUT2D eigenvalue weighted by molar-refractivity contribution is 6.04. The predicted molar refractivity (Wildman–Crippen MR) is 82.3 cm³/mol. The third kappa shape index (κ3) is 3.35. The summed E-state index contributed by atoms with van der Waals surface area (Å²) in [4.78, 5) is 16.3. The van der Waals surface area contributed by atoms with Crippen molar-refractivity contribution in [2.75, 3.05) is 17.7 Å². The standard InChI is InChI=1S/C16H19N3O/c1-11(2)12-5-4-6-14(9-12)19-16(20)13-7-8-15(17-3)18-10-13/h4-11H,1-3H3,(H,17,18)(H,19,20). The number of hydrogen-bond acceptors (Lipinski definition) is 3. The maximum Gasteiger partial charge on any atom is 0.257 e. The minimum absolute atomic E-state index is 0.152. The van der Waals surface area contributed by atoms with E-state index in [2.05, 4.69) is 35.5 Å². The van der Waals surface area contributed by atoms with Crippen molar-refractivity contribution >= 4 is 17.4 Å². The van der Waals surface area contributed by atoms with Crippen LogP contribution >= 0.6 is 0 Å². The SMILES string of the molecule is CNc1ccc(C(=O)Nc2cccc(C(C)C)c2)cn1. The Bertz CT molecular complexity index is 591. The van der Waals surface area contributed by atoms with Crippen molar-refractivity contribution in [1.29, 1.82) is 0 Å². The molecule has 0 spiro atoms. The van der Waals surface area contributed by atoms with Gasteiger partial charge in [0.15, 0.2) is 0 Å². The second-order valence-electron chi connectivity index (χ2n) is 4.92. The van der Waals surface area contributed by atoms with E-state index < -0.39 is 0 Å². The van der Waals surface area contributed by atoms with Crippen LogP contribution in [0.25, 0.3) is 0 Å². The third-order valence-corrected chi connectivity index (χ3v) is 3.09. The van der Waals surface area contributed by atoms with Gasteiger partial charge in [-0.2, -0.15) is 0 Å². The topological polar surface area (TPSA) is 54.0 Å². The molecule has 0 unspecified atom stereocenters. The molecule has 1 aromatic heterocycles. The number of benzene rings is 1. The van der Waals surface area contributed by atoms with Crippen LogP contribution in [0.4, 0.5) is 11.5 Å². The predicted octanol–water partition coefficient (Wildman–Crippen LogP) is 3.50. The van der Waals surface area contributed by atoms with Crippen molar-refractivity contribution in [1.82, 2.24) is 4.98 Å². The first-order chi connectivity index (χ1) is 9.60. The molecular weight excluding hydrogens is 250 g/mol. The van der Waals surface area contributed by atoms with Gasteiger partial charge < -0.3 is 10.6 Å². The molecule has 0 aliphatic rings. The average Bonchev–Trinajstić information content (AvgIpc) is 2.47. The molecule has 104 valence electrons. The minimum atomic E-state index is -0.152. The number of rotatable bonds is 4. The Kier molecular flexibility index (Phi) is 4.35. The molecular formula is C16H19N3O. The molecule has 2 aromatic rings. The van der Waals surface area contributed by atoms with Gasteiger partial charge in [-0.25, -0.2) is 4.98 Å². The zero-order valence-electron chi connectivity index (χ0n) is 12.0. The second kappa shape index (κ2) is 6.19. The van der Waals surface area contributed by atoms with E-state index in [0.29, 0.717) is 11.5 Å². The number of hydrogen-bond donors (Lipinski definition) is 2. The first-order valence-electron chi connectivity index (χ1n) is 6.65. The first-order valence-corrected chi connectivity index (χ1v) is 6.65. The molecule has 0 aliphatic carbocycles. The molecule has 0 atom stereocenters. The summed E-state index contributed by atoms with van der Waals surface area (Å²) >= 11 is 0. The Labute approximate surface area is 119 Å². The quantitative estimate of drug-likeness (QED) is 0.893. The Balaban J connectivity index is 2.12. The monoisotopic (exact) mass is 269 g/mol. The zero-order chi connectivity index (χ0) is 14.5. The van der Waals surface area contributed by atoms with E-state index in [-0.39, 0.29) is 5.91 Å². The second-order valence-corrected chi connectivity index (χ2v) is 4.92. The van der Waals surface area contributed by atoms with E-state index >= 15 is 0 Å². The number of carbonyl (C=O) groups is 1. The molecule has 0 aliphatic heterocycles. The van der Waals surface area contributed by atoms with E-state index in [1.807, 2.05) is 18.2 Å². The lowest BCUT2D eigenvalue weighted by Gasteiger charge is -2.09. The minimum Gasteiger partial charge on any atom is -0.373 e. The van der Waals surface area contributed by atoms with Crippen LogP contribution in [0.1, 0.15) is 35.7 Å². The lowest BCUT2D eigenvalue weighted by molar-refractivity contribution is 0.102. The van der Waals surface area contributed by atoms with Gasteiger partial charge in [-0.1, -0.05) is 26.0 Å². The Morgan fingerprint density at radius 2 is 2.00 bits per heavy atom. The first kappa shape index (κ1) is 14.1. The van der Waals surface area contributed by atoms with Gasteiger partial charge >= 0.3 is 0 Å². The molecule has 2 rings (SSSR count). The molecule has 0 saturated carbocycles. The van der Waals surface area contributed by atoms with Crippen molar-refractivity contribution in [3.8, 4) is 0 Å².